The molecule has 0 aliphatic carbocycles. The van der Waals surface area contributed by atoms with E-state index in [0.717, 1.165) is 27.3 Å². The van der Waals surface area contributed by atoms with Crippen LogP contribution in [0.15, 0.2) is 58.5 Å². The third kappa shape index (κ3) is 4.37. The molecule has 0 spiro atoms. The predicted molar refractivity (Wildman–Crippen MR) is 139 cm³/mol. The first-order valence-corrected chi connectivity index (χ1v) is 12.6. The van der Waals surface area contributed by atoms with E-state index < -0.39 is 0 Å². The van der Waals surface area contributed by atoms with Gasteiger partial charge < -0.3 is 0 Å². The zero-order chi connectivity index (χ0) is 24.4. The van der Waals surface area contributed by atoms with Crippen molar-refractivity contribution in [2.75, 3.05) is 17.2 Å². The van der Waals surface area contributed by atoms with E-state index in [-0.39, 0.29) is 23.8 Å². The fourth-order valence-electron chi connectivity index (χ4n) is 3.77. The van der Waals surface area contributed by atoms with Crippen LogP contribution in [0.3, 0.4) is 0 Å². The molecule has 2 aromatic heterocycles. The maximum atomic E-state index is 13.7. The third-order valence-corrected chi connectivity index (χ3v) is 7.94. The number of hydrogen-bond donors (Lipinski definition) is 0. The highest BCUT2D eigenvalue weighted by atomic mass is 32.2. The average molecular weight is 489 g/mol. The van der Waals surface area contributed by atoms with Crippen LogP contribution >= 0.6 is 23.1 Å². The minimum Gasteiger partial charge on any atom is -0.298 e. The quantitative estimate of drug-likeness (QED) is 0.208. The zero-order valence-electron chi connectivity index (χ0n) is 19.5. The Morgan fingerprint density at radius 3 is 2.53 bits per heavy atom. The van der Waals surface area contributed by atoms with Crippen LogP contribution in [0.25, 0.3) is 15.9 Å². The molecule has 34 heavy (non-hydrogen) atoms. The summed E-state index contributed by atoms with van der Waals surface area (Å²) < 4.78 is 1.62. The standard InChI is InChI=1S/C26H24N4O2S2/c1-16-9-8-12-21(17(16)2)30-25(32)23-18(3)19(4)34-24(23)28-26(30)33-15-22(31)29(14-13-27)20-10-6-5-7-11-20/h5-12H,14-15H2,1-4H3. The van der Waals surface area contributed by atoms with Crippen molar-refractivity contribution in [2.45, 2.75) is 32.9 Å². The van der Waals surface area contributed by atoms with Gasteiger partial charge >= 0.3 is 0 Å². The van der Waals surface area contributed by atoms with Crippen molar-refractivity contribution in [2.24, 2.45) is 0 Å². The van der Waals surface area contributed by atoms with Gasteiger partial charge in [-0.2, -0.15) is 5.26 Å². The number of amides is 1. The number of fused-ring (bicyclic) bond motifs is 1. The summed E-state index contributed by atoms with van der Waals surface area (Å²) in [7, 11) is 0. The molecule has 8 heteroatoms. The molecule has 2 heterocycles. The van der Waals surface area contributed by atoms with Crippen LogP contribution < -0.4 is 10.5 Å². The first kappa shape index (κ1) is 23.7. The van der Waals surface area contributed by atoms with Gasteiger partial charge in [0.25, 0.3) is 5.56 Å². The third-order valence-electron chi connectivity index (χ3n) is 5.91. The van der Waals surface area contributed by atoms with E-state index in [9.17, 15) is 14.9 Å². The number of carbonyl (C=O) groups is 1. The minimum atomic E-state index is -0.224. The molecule has 172 valence electrons. The smallest absolute Gasteiger partial charge is 0.267 e. The number of aromatic nitrogens is 2. The normalized spacial score (nSPS) is 10.9. The molecule has 1 amide bonds. The van der Waals surface area contributed by atoms with E-state index in [2.05, 4.69) is 6.07 Å². The van der Waals surface area contributed by atoms with Gasteiger partial charge in [-0.15, -0.1) is 11.3 Å². The Morgan fingerprint density at radius 1 is 1.09 bits per heavy atom. The van der Waals surface area contributed by atoms with Gasteiger partial charge in [0.2, 0.25) is 5.91 Å². The first-order valence-electron chi connectivity index (χ1n) is 10.8. The Hall–Kier alpha value is -3.41. The number of carbonyl (C=O) groups excluding carboxylic acids is 1. The highest BCUT2D eigenvalue weighted by Gasteiger charge is 2.22. The van der Waals surface area contributed by atoms with Gasteiger partial charge in [0.1, 0.15) is 11.4 Å². The Balaban J connectivity index is 1.79. The van der Waals surface area contributed by atoms with Crippen LogP contribution in [0.2, 0.25) is 0 Å². The van der Waals surface area contributed by atoms with Crippen molar-refractivity contribution < 1.29 is 4.79 Å². The molecule has 0 aliphatic heterocycles. The molecule has 0 aliphatic rings. The molecule has 0 unspecified atom stereocenters. The summed E-state index contributed by atoms with van der Waals surface area (Å²) in [5, 5.41) is 10.3. The van der Waals surface area contributed by atoms with Gasteiger partial charge in [0, 0.05) is 10.6 Å². The van der Waals surface area contributed by atoms with Gasteiger partial charge in [0.05, 0.1) is 22.9 Å². The Labute approximate surface area is 206 Å². The van der Waals surface area contributed by atoms with Gasteiger partial charge in [-0.25, -0.2) is 4.98 Å². The second kappa shape index (κ2) is 9.84. The second-order valence-electron chi connectivity index (χ2n) is 7.98. The zero-order valence-corrected chi connectivity index (χ0v) is 21.1. The maximum absolute atomic E-state index is 13.7. The SMILES string of the molecule is Cc1cccc(-n2c(SCC(=O)N(CC#N)c3ccccc3)nc3sc(C)c(C)c3c2=O)c1C. The van der Waals surface area contributed by atoms with E-state index in [1.807, 2.05) is 64.1 Å². The average Bonchev–Trinajstić information content (AvgIpc) is 3.12. The van der Waals surface area contributed by atoms with Crippen molar-refractivity contribution in [1.29, 1.82) is 5.26 Å². The fraction of sp³-hybridized carbons (Fsp3) is 0.231. The molecule has 4 rings (SSSR count). The molecule has 0 atom stereocenters. The number of anilines is 1. The summed E-state index contributed by atoms with van der Waals surface area (Å²) in [6, 6.07) is 17.0. The lowest BCUT2D eigenvalue weighted by molar-refractivity contribution is -0.116. The van der Waals surface area contributed by atoms with E-state index in [1.165, 1.54) is 28.0 Å². The van der Waals surface area contributed by atoms with Gasteiger partial charge in [-0.05, 0) is 62.6 Å². The van der Waals surface area contributed by atoms with Crippen LogP contribution in [0.4, 0.5) is 5.69 Å². The van der Waals surface area contributed by atoms with E-state index in [4.69, 9.17) is 4.98 Å². The molecule has 0 fully saturated rings. The molecular weight excluding hydrogens is 464 g/mol. The highest BCUT2D eigenvalue weighted by molar-refractivity contribution is 7.99. The van der Waals surface area contributed by atoms with Crippen LogP contribution in [-0.4, -0.2) is 27.8 Å². The molecule has 0 saturated heterocycles. The lowest BCUT2D eigenvalue weighted by Gasteiger charge is -2.20. The number of rotatable bonds is 6. The highest BCUT2D eigenvalue weighted by Crippen LogP contribution is 2.31. The van der Waals surface area contributed by atoms with Crippen LogP contribution in [0.1, 0.15) is 21.6 Å². The monoisotopic (exact) mass is 488 g/mol. The van der Waals surface area contributed by atoms with Crippen LogP contribution in [0.5, 0.6) is 0 Å². The molecule has 4 aromatic rings. The van der Waals surface area contributed by atoms with E-state index in [1.54, 1.807) is 16.7 Å². The van der Waals surface area contributed by atoms with Gasteiger partial charge in [0.15, 0.2) is 5.16 Å². The summed E-state index contributed by atoms with van der Waals surface area (Å²) >= 11 is 2.70. The maximum Gasteiger partial charge on any atom is 0.267 e. The number of aryl methyl sites for hydroxylation is 3. The summed E-state index contributed by atoms with van der Waals surface area (Å²) in [6.07, 6.45) is 0. The first-order chi connectivity index (χ1) is 16.3. The fourth-order valence-corrected chi connectivity index (χ4v) is 5.72. The number of para-hydroxylation sites is 1. The summed E-state index contributed by atoms with van der Waals surface area (Å²) in [5.41, 5.74) is 4.28. The largest absolute Gasteiger partial charge is 0.298 e. The van der Waals surface area contributed by atoms with E-state index >= 15 is 0 Å². The summed E-state index contributed by atoms with van der Waals surface area (Å²) in [4.78, 5) is 34.9. The van der Waals surface area contributed by atoms with Gasteiger partial charge in [-0.1, -0.05) is 42.1 Å². The van der Waals surface area contributed by atoms with Crippen LogP contribution in [-0.2, 0) is 4.79 Å². The van der Waals surface area contributed by atoms with Crippen molar-refractivity contribution in [1.82, 2.24) is 9.55 Å². The predicted octanol–water partition coefficient (Wildman–Crippen LogP) is 5.33. The van der Waals surface area contributed by atoms with Crippen molar-refractivity contribution >= 4 is 44.9 Å². The summed E-state index contributed by atoms with van der Waals surface area (Å²) in [6.45, 7) is 7.87. The lowest BCUT2D eigenvalue weighted by atomic mass is 10.1. The topological polar surface area (TPSA) is 79.0 Å². The Kier molecular flexibility index (Phi) is 6.87. The number of thiophene rings is 1. The molecule has 6 nitrogen and oxygen atoms in total. The van der Waals surface area contributed by atoms with Crippen molar-refractivity contribution in [3.05, 3.63) is 80.5 Å². The number of benzene rings is 2. The van der Waals surface area contributed by atoms with Crippen LogP contribution in [0, 0.1) is 39.0 Å². The van der Waals surface area contributed by atoms with Gasteiger partial charge in [-0.3, -0.25) is 19.1 Å². The summed E-state index contributed by atoms with van der Waals surface area (Å²) in [5.74, 6) is -0.180. The number of hydrogen-bond acceptors (Lipinski definition) is 6. The molecular formula is C26H24N4O2S2. The number of thioether (sulfide) groups is 1. The molecule has 0 bridgehead atoms. The number of nitriles is 1. The Morgan fingerprint density at radius 2 is 1.82 bits per heavy atom. The second-order valence-corrected chi connectivity index (χ2v) is 10.1. The Bertz CT molecular complexity index is 1480. The molecule has 0 saturated carbocycles. The van der Waals surface area contributed by atoms with E-state index in [0.29, 0.717) is 21.1 Å². The van der Waals surface area contributed by atoms with Crippen molar-refractivity contribution in [3.63, 3.8) is 0 Å². The number of nitrogens with zero attached hydrogens (tertiary/aromatic N) is 4. The molecule has 0 N–H and O–H groups in total. The minimum absolute atomic E-state index is 0.0444. The molecule has 0 radical (unpaired) electrons. The van der Waals surface area contributed by atoms with Crippen molar-refractivity contribution in [3.8, 4) is 11.8 Å². The lowest BCUT2D eigenvalue weighted by Crippen LogP contribution is -2.33. The molecule has 2 aromatic carbocycles.